The molecule has 3 N–H and O–H groups in total. The van der Waals surface area contributed by atoms with E-state index in [4.69, 9.17) is 4.74 Å². The van der Waals surface area contributed by atoms with Crippen LogP contribution in [0.1, 0.15) is 63.4 Å². The van der Waals surface area contributed by atoms with Crippen LogP contribution in [0.5, 0.6) is 0 Å². The van der Waals surface area contributed by atoms with Crippen LogP contribution in [0.4, 0.5) is 17.3 Å². The molecule has 0 aromatic carbocycles. The molecule has 7 rings (SSSR count). The lowest BCUT2D eigenvalue weighted by atomic mass is 9.87. The lowest BCUT2D eigenvalue weighted by molar-refractivity contribution is 0.0987. The van der Waals surface area contributed by atoms with Crippen molar-refractivity contribution in [3.8, 4) is 23.2 Å². The van der Waals surface area contributed by atoms with Gasteiger partial charge in [-0.1, -0.05) is 11.8 Å². The largest absolute Gasteiger partial charge is 0.393 e. The summed E-state index contributed by atoms with van der Waals surface area (Å²) in [6.07, 6.45) is 15.0. The predicted molar refractivity (Wildman–Crippen MR) is 157 cm³/mol. The fourth-order valence-electron chi connectivity index (χ4n) is 6.11. The van der Waals surface area contributed by atoms with E-state index in [0.717, 1.165) is 66.8 Å². The summed E-state index contributed by atoms with van der Waals surface area (Å²) in [5.41, 5.74) is 2.26. The van der Waals surface area contributed by atoms with Crippen molar-refractivity contribution >= 4 is 27.3 Å². The minimum Gasteiger partial charge on any atom is -0.393 e. The average molecular weight is 590 g/mol. The first-order chi connectivity index (χ1) is 20.4. The second kappa shape index (κ2) is 11.3. The van der Waals surface area contributed by atoms with Crippen molar-refractivity contribution in [3.05, 3.63) is 42.5 Å². The van der Waals surface area contributed by atoms with Crippen molar-refractivity contribution in [2.24, 2.45) is 11.8 Å². The highest BCUT2D eigenvalue weighted by Gasteiger charge is 2.40. The molecule has 3 aromatic rings. The van der Waals surface area contributed by atoms with Crippen LogP contribution < -0.4 is 10.6 Å². The lowest BCUT2D eigenvalue weighted by Gasteiger charge is -2.26. The fourth-order valence-corrected chi connectivity index (χ4v) is 7.59. The van der Waals surface area contributed by atoms with E-state index in [9.17, 15) is 13.5 Å². The summed E-state index contributed by atoms with van der Waals surface area (Å²) in [5.74, 6) is 9.07. The van der Waals surface area contributed by atoms with Crippen LogP contribution in [0.3, 0.4) is 0 Å². The molecular weight excluding hydrogens is 554 g/mol. The predicted octanol–water partition coefficient (Wildman–Crippen LogP) is 3.70. The van der Waals surface area contributed by atoms with Gasteiger partial charge < -0.3 is 20.5 Å². The minimum atomic E-state index is -3.46. The van der Waals surface area contributed by atoms with E-state index in [0.29, 0.717) is 47.9 Å². The molecule has 2 aliphatic carbocycles. The number of hydrogen-bond donors (Lipinski definition) is 3. The van der Waals surface area contributed by atoms with Crippen LogP contribution in [0, 0.1) is 23.7 Å². The van der Waals surface area contributed by atoms with Crippen molar-refractivity contribution in [3.63, 3.8) is 0 Å². The van der Waals surface area contributed by atoms with Crippen LogP contribution in [-0.2, 0) is 14.8 Å². The van der Waals surface area contributed by atoms with Crippen molar-refractivity contribution in [2.75, 3.05) is 17.2 Å². The van der Waals surface area contributed by atoms with Gasteiger partial charge >= 0.3 is 0 Å². The number of fused-ring (bicyclic) bond motifs is 2. The highest BCUT2D eigenvalue weighted by Crippen LogP contribution is 2.38. The normalized spacial score (nSPS) is 26.9. The summed E-state index contributed by atoms with van der Waals surface area (Å²) in [4.78, 5) is 13.5. The van der Waals surface area contributed by atoms with Crippen LogP contribution in [0.25, 0.3) is 11.4 Å². The Labute approximate surface area is 245 Å². The zero-order valence-corrected chi connectivity index (χ0v) is 24.1. The first kappa shape index (κ1) is 27.3. The molecule has 2 saturated heterocycles. The molecule has 2 bridgehead atoms. The molecule has 4 fully saturated rings. The molecule has 0 radical (unpaired) electrons. The molecule has 2 aliphatic heterocycles. The summed E-state index contributed by atoms with van der Waals surface area (Å²) >= 11 is 0. The first-order valence-corrected chi connectivity index (χ1v) is 16.4. The summed E-state index contributed by atoms with van der Waals surface area (Å²) in [5, 5.41) is 20.5. The maximum absolute atomic E-state index is 12.5. The number of hydrogen-bond acceptors (Lipinski definition) is 10. The summed E-state index contributed by atoms with van der Waals surface area (Å²) < 4.78 is 32.1. The number of rotatable bonds is 8. The monoisotopic (exact) mass is 589 g/mol. The third-order valence-corrected chi connectivity index (χ3v) is 10.8. The number of aliphatic hydroxyl groups excluding tert-OH is 1. The van der Waals surface area contributed by atoms with Gasteiger partial charge in [0.25, 0.3) is 10.0 Å². The number of nitrogens with one attached hydrogen (secondary N) is 2. The van der Waals surface area contributed by atoms with E-state index >= 15 is 0 Å². The van der Waals surface area contributed by atoms with E-state index in [1.165, 1.54) is 12.4 Å². The highest BCUT2D eigenvalue weighted by molar-refractivity contribution is 7.90. The quantitative estimate of drug-likeness (QED) is 0.333. The Balaban J connectivity index is 1.10. The number of aromatic nitrogens is 5. The number of aliphatic hydroxyl groups is 1. The Kier molecular flexibility index (Phi) is 7.34. The van der Waals surface area contributed by atoms with Crippen LogP contribution in [0.2, 0.25) is 0 Å². The average Bonchev–Trinajstić information content (AvgIpc) is 3.39. The van der Waals surface area contributed by atoms with E-state index in [1.54, 1.807) is 18.5 Å². The molecule has 2 saturated carbocycles. The molecule has 12 heteroatoms. The zero-order valence-electron chi connectivity index (χ0n) is 23.3. The minimum absolute atomic E-state index is 0.182. The van der Waals surface area contributed by atoms with Crippen LogP contribution in [0.15, 0.2) is 36.9 Å². The lowest BCUT2D eigenvalue weighted by Crippen LogP contribution is -2.23. The van der Waals surface area contributed by atoms with Crippen molar-refractivity contribution in [2.45, 2.75) is 81.3 Å². The molecule has 3 aromatic heterocycles. The first-order valence-electron chi connectivity index (χ1n) is 14.9. The molecule has 0 amide bonds. The summed E-state index contributed by atoms with van der Waals surface area (Å²) in [6, 6.07) is 3.68. The molecule has 4 aliphatic rings. The Morgan fingerprint density at radius 2 is 1.90 bits per heavy atom. The number of anilines is 3. The second-order valence-corrected chi connectivity index (χ2v) is 14.0. The van der Waals surface area contributed by atoms with Gasteiger partial charge in [-0.15, -0.1) is 0 Å². The second-order valence-electron chi connectivity index (χ2n) is 11.9. The van der Waals surface area contributed by atoms with E-state index in [1.807, 2.05) is 6.07 Å². The highest BCUT2D eigenvalue weighted by atomic mass is 32.2. The van der Waals surface area contributed by atoms with E-state index in [2.05, 4.69) is 42.5 Å². The smallest absolute Gasteiger partial charge is 0.256 e. The van der Waals surface area contributed by atoms with Gasteiger partial charge in [-0.25, -0.2) is 23.4 Å². The molecule has 1 unspecified atom stereocenters. The van der Waals surface area contributed by atoms with Gasteiger partial charge in [0, 0.05) is 30.9 Å². The van der Waals surface area contributed by atoms with Gasteiger partial charge in [0.2, 0.25) is 0 Å². The van der Waals surface area contributed by atoms with Gasteiger partial charge in [-0.3, -0.25) is 0 Å². The molecule has 42 heavy (non-hydrogen) atoms. The van der Waals surface area contributed by atoms with Crippen LogP contribution in [-0.4, -0.2) is 67.8 Å². The Morgan fingerprint density at radius 3 is 2.67 bits per heavy atom. The molecule has 3 atom stereocenters. The Hall–Kier alpha value is -3.53. The Morgan fingerprint density at radius 1 is 1.05 bits per heavy atom. The maximum Gasteiger partial charge on any atom is 0.256 e. The topological polar surface area (TPSA) is 144 Å². The molecular formula is C30H35N7O4S. The Bertz CT molecular complexity index is 1620. The van der Waals surface area contributed by atoms with Crippen molar-refractivity contribution in [1.29, 1.82) is 0 Å². The number of nitrogens with zero attached hydrogens (tertiary/aromatic N) is 5. The molecule has 5 heterocycles. The van der Waals surface area contributed by atoms with Gasteiger partial charge in [0.15, 0.2) is 5.82 Å². The van der Waals surface area contributed by atoms with E-state index < -0.39 is 10.0 Å². The maximum atomic E-state index is 12.5. The van der Waals surface area contributed by atoms with Crippen molar-refractivity contribution < 1.29 is 18.3 Å². The zero-order chi connectivity index (χ0) is 28.7. The van der Waals surface area contributed by atoms with Gasteiger partial charge in [0.05, 0.1) is 52.8 Å². The van der Waals surface area contributed by atoms with Crippen molar-refractivity contribution in [1.82, 2.24) is 24.1 Å². The standard InChI is InChI=1S/C30H35N7O4S/c38-23-5-1-19(2-6-23)15-32-26-14-29(33-16-21(26)4-3-20-13-24-7-10-27(20)41-24)35-28-11-12-31-30(36-28)22-17-34-37(18-22)42(39,40)25-8-9-25/h11-12,14,16-20,23-25,27,38H,1-2,5-10,13,15H2,(H2,31,32,33,35,36)/t19?,20?,23?,24-,27-/m1/s1. The summed E-state index contributed by atoms with van der Waals surface area (Å²) in [6.45, 7) is 0.799. The third-order valence-electron chi connectivity index (χ3n) is 8.74. The third kappa shape index (κ3) is 5.86. The summed E-state index contributed by atoms with van der Waals surface area (Å²) in [7, 11) is -3.46. The molecule has 220 valence electrons. The fraction of sp³-hybridized carbons (Fsp3) is 0.533. The number of pyridine rings is 1. The van der Waals surface area contributed by atoms with Gasteiger partial charge in [-0.05, 0) is 69.8 Å². The molecule has 11 nitrogen and oxygen atoms in total. The SMILES string of the molecule is O=S(=O)(C1CC1)n1cc(-c2nccc(Nc3cc(NCC4CCC(O)CC4)c(C#CC4C[C@H]5CC[C@H]4O5)cn3)n2)cn1. The van der Waals surface area contributed by atoms with Crippen LogP contribution >= 0.6 is 0 Å². The van der Waals surface area contributed by atoms with E-state index in [-0.39, 0.29) is 23.4 Å². The van der Waals surface area contributed by atoms with Gasteiger partial charge in [0.1, 0.15) is 11.6 Å². The molecule has 0 spiro atoms. The van der Waals surface area contributed by atoms with Gasteiger partial charge in [-0.2, -0.15) is 9.19 Å². The number of ether oxygens (including phenoxy) is 1.